The number of nitrogens with one attached hydrogen (secondary N) is 1. The maximum absolute atomic E-state index is 13.0. The van der Waals surface area contributed by atoms with Crippen LogP contribution in [0.15, 0.2) is 60.9 Å². The summed E-state index contributed by atoms with van der Waals surface area (Å²) in [7, 11) is 0. The second kappa shape index (κ2) is 11.2. The van der Waals surface area contributed by atoms with Crippen molar-refractivity contribution in [3.63, 3.8) is 0 Å². The lowest BCUT2D eigenvalue weighted by atomic mass is 10.2. The van der Waals surface area contributed by atoms with E-state index in [1.165, 1.54) is 29.5 Å². The Morgan fingerprint density at radius 2 is 1.87 bits per heavy atom. The van der Waals surface area contributed by atoms with E-state index in [0.717, 1.165) is 18.5 Å². The number of benzene rings is 2. The molecule has 0 spiro atoms. The lowest BCUT2D eigenvalue weighted by Crippen LogP contribution is -2.44. The molecule has 0 aromatic heterocycles. The third kappa shape index (κ3) is 6.87. The number of rotatable bonds is 10. The Kier molecular flexibility index (Phi) is 8.08. The van der Waals surface area contributed by atoms with Crippen molar-refractivity contribution in [2.45, 2.75) is 18.9 Å². The molecule has 166 valence electrons. The highest BCUT2D eigenvalue weighted by molar-refractivity contribution is 5.79. The van der Waals surface area contributed by atoms with E-state index in [1.54, 1.807) is 12.1 Å². The average molecular weight is 429 g/mol. The summed E-state index contributed by atoms with van der Waals surface area (Å²) in [5.74, 6) is 6.57. The molecule has 2 aromatic rings. The normalized spacial score (nSPS) is 15.9. The number of anilines is 1. The van der Waals surface area contributed by atoms with Crippen molar-refractivity contribution in [2.24, 2.45) is 11.6 Å². The van der Waals surface area contributed by atoms with Crippen LogP contribution in [0, 0.1) is 5.82 Å². The zero-order valence-corrected chi connectivity index (χ0v) is 17.2. The molecule has 0 saturated carbocycles. The van der Waals surface area contributed by atoms with Gasteiger partial charge in [0.1, 0.15) is 30.6 Å². The van der Waals surface area contributed by atoms with E-state index in [0.29, 0.717) is 31.4 Å². The first-order valence-electron chi connectivity index (χ1n) is 10.1. The molecular formula is C22H28FN5O3. The molecule has 9 heteroatoms. The number of nitrogens with two attached hydrogens (primary N) is 2. The van der Waals surface area contributed by atoms with Gasteiger partial charge in [-0.15, -0.1) is 0 Å². The van der Waals surface area contributed by atoms with Crippen LogP contribution >= 0.6 is 0 Å². The largest absolute Gasteiger partial charge is 0.457 e. The first kappa shape index (κ1) is 22.4. The minimum atomic E-state index is -0.304. The Morgan fingerprint density at radius 3 is 2.55 bits per heavy atom. The lowest BCUT2D eigenvalue weighted by Gasteiger charge is -2.26. The number of nitrogens with zero attached hydrogens (tertiary/aromatic N) is 2. The van der Waals surface area contributed by atoms with Crippen LogP contribution in [0.3, 0.4) is 0 Å². The van der Waals surface area contributed by atoms with Crippen molar-refractivity contribution >= 4 is 11.6 Å². The minimum absolute atomic E-state index is 0.0380. The van der Waals surface area contributed by atoms with Gasteiger partial charge in [-0.1, -0.05) is 0 Å². The fraction of sp³-hybridized carbons (Fsp3) is 0.318. The van der Waals surface area contributed by atoms with Crippen molar-refractivity contribution in [1.82, 2.24) is 9.91 Å². The van der Waals surface area contributed by atoms with Gasteiger partial charge in [0, 0.05) is 24.6 Å². The number of ether oxygens (including phenoxy) is 2. The van der Waals surface area contributed by atoms with Gasteiger partial charge in [0.2, 0.25) is 5.91 Å². The van der Waals surface area contributed by atoms with E-state index in [-0.39, 0.29) is 24.3 Å². The van der Waals surface area contributed by atoms with Crippen LogP contribution in [0.4, 0.5) is 10.1 Å². The van der Waals surface area contributed by atoms with Crippen LogP contribution in [0.25, 0.3) is 0 Å². The first-order valence-corrected chi connectivity index (χ1v) is 10.1. The Hall–Kier alpha value is -3.30. The average Bonchev–Trinajstić information content (AvgIpc) is 3.23. The van der Waals surface area contributed by atoms with E-state index in [1.807, 2.05) is 29.2 Å². The second-order valence-electron chi connectivity index (χ2n) is 7.17. The van der Waals surface area contributed by atoms with Crippen LogP contribution in [-0.2, 0) is 9.53 Å². The van der Waals surface area contributed by atoms with E-state index in [9.17, 15) is 9.18 Å². The summed E-state index contributed by atoms with van der Waals surface area (Å²) in [4.78, 5) is 14.2. The van der Waals surface area contributed by atoms with E-state index in [4.69, 9.17) is 21.1 Å². The summed E-state index contributed by atoms with van der Waals surface area (Å²) in [6.45, 7) is 1.54. The standard InChI is InChI=1S/C22H28FN5O3/c23-17-3-7-20(8-4-17)31-21-9-5-18(6-10-21)26-16-30-15-19-2-1-12-28(19)22(29)14-27(25)13-11-24/h3-11,13,19,26H,1-2,12,14-16,24-25H2/b13-11-/t19-/m0/s1. The van der Waals surface area contributed by atoms with Gasteiger partial charge in [-0.2, -0.15) is 0 Å². The molecule has 1 aliphatic heterocycles. The van der Waals surface area contributed by atoms with E-state index in [2.05, 4.69) is 5.32 Å². The highest BCUT2D eigenvalue weighted by Gasteiger charge is 2.29. The molecule has 0 aliphatic carbocycles. The summed E-state index contributed by atoms with van der Waals surface area (Å²) < 4.78 is 24.4. The Bertz CT molecular complexity index is 860. The summed E-state index contributed by atoms with van der Waals surface area (Å²) in [6.07, 6.45) is 4.60. The molecule has 1 fully saturated rings. The molecule has 1 heterocycles. The SMILES string of the molecule is N/C=C\N(N)CC(=O)N1CCC[C@H]1COCNc1ccc(Oc2ccc(F)cc2)cc1. The van der Waals surface area contributed by atoms with Gasteiger partial charge in [0.05, 0.1) is 12.6 Å². The molecule has 1 saturated heterocycles. The summed E-state index contributed by atoms with van der Waals surface area (Å²) in [6, 6.07) is 13.3. The zero-order valence-electron chi connectivity index (χ0n) is 17.2. The topological polar surface area (TPSA) is 106 Å². The summed E-state index contributed by atoms with van der Waals surface area (Å²) in [5.41, 5.74) is 6.16. The molecule has 0 unspecified atom stereocenters. The van der Waals surface area contributed by atoms with Crippen LogP contribution in [0.5, 0.6) is 11.5 Å². The van der Waals surface area contributed by atoms with Crippen molar-refractivity contribution in [1.29, 1.82) is 0 Å². The van der Waals surface area contributed by atoms with Crippen molar-refractivity contribution in [2.75, 3.05) is 31.7 Å². The molecule has 2 aromatic carbocycles. The first-order chi connectivity index (χ1) is 15.0. The van der Waals surface area contributed by atoms with Crippen molar-refractivity contribution in [3.8, 4) is 11.5 Å². The van der Waals surface area contributed by atoms with Crippen LogP contribution in [0.1, 0.15) is 12.8 Å². The Balaban J connectivity index is 1.39. The highest BCUT2D eigenvalue weighted by atomic mass is 19.1. The van der Waals surface area contributed by atoms with Crippen LogP contribution in [-0.4, -0.2) is 48.3 Å². The van der Waals surface area contributed by atoms with Gasteiger partial charge in [-0.3, -0.25) is 4.79 Å². The van der Waals surface area contributed by atoms with Crippen molar-refractivity contribution < 1.29 is 18.7 Å². The number of hydrogen-bond donors (Lipinski definition) is 3. The number of carbonyl (C=O) groups excluding carboxylic acids is 1. The smallest absolute Gasteiger partial charge is 0.244 e. The number of hydrogen-bond acceptors (Lipinski definition) is 7. The van der Waals surface area contributed by atoms with Gasteiger partial charge in [0.15, 0.2) is 0 Å². The molecular weight excluding hydrogens is 401 g/mol. The van der Waals surface area contributed by atoms with Crippen molar-refractivity contribution in [3.05, 3.63) is 66.7 Å². The third-order valence-electron chi connectivity index (χ3n) is 4.89. The Labute approximate surface area is 181 Å². The lowest BCUT2D eigenvalue weighted by molar-refractivity contribution is -0.133. The molecule has 5 N–H and O–H groups in total. The maximum Gasteiger partial charge on any atom is 0.244 e. The number of carbonyl (C=O) groups is 1. The fourth-order valence-electron chi connectivity index (χ4n) is 3.36. The highest BCUT2D eigenvalue weighted by Crippen LogP contribution is 2.23. The molecule has 0 radical (unpaired) electrons. The van der Waals surface area contributed by atoms with Crippen LogP contribution in [0.2, 0.25) is 0 Å². The number of halogens is 1. The van der Waals surface area contributed by atoms with E-state index < -0.39 is 0 Å². The predicted octanol–water partition coefficient (Wildman–Crippen LogP) is 2.60. The van der Waals surface area contributed by atoms with Gasteiger partial charge in [0.25, 0.3) is 0 Å². The number of amides is 1. The molecule has 1 amide bonds. The molecule has 31 heavy (non-hydrogen) atoms. The molecule has 1 aliphatic rings. The zero-order chi connectivity index (χ0) is 22.1. The van der Waals surface area contributed by atoms with Gasteiger partial charge in [-0.25, -0.2) is 10.2 Å². The molecule has 3 rings (SSSR count). The number of likely N-dealkylation sites (tertiary alicyclic amines) is 1. The second-order valence-corrected chi connectivity index (χ2v) is 7.17. The monoisotopic (exact) mass is 429 g/mol. The molecule has 1 atom stereocenters. The third-order valence-corrected chi connectivity index (χ3v) is 4.89. The quantitative estimate of drug-likeness (QED) is 0.231. The summed E-state index contributed by atoms with van der Waals surface area (Å²) in [5, 5.41) is 4.45. The Morgan fingerprint density at radius 1 is 1.19 bits per heavy atom. The number of hydrazine groups is 1. The van der Waals surface area contributed by atoms with E-state index >= 15 is 0 Å². The molecule has 8 nitrogen and oxygen atoms in total. The predicted molar refractivity (Wildman–Crippen MR) is 116 cm³/mol. The maximum atomic E-state index is 13.0. The molecule has 0 bridgehead atoms. The fourth-order valence-corrected chi connectivity index (χ4v) is 3.36. The van der Waals surface area contributed by atoms with Gasteiger partial charge < -0.3 is 30.4 Å². The van der Waals surface area contributed by atoms with Gasteiger partial charge in [-0.05, 0) is 61.4 Å². The van der Waals surface area contributed by atoms with Crippen LogP contribution < -0.4 is 21.6 Å². The van der Waals surface area contributed by atoms with Gasteiger partial charge >= 0.3 is 0 Å². The minimum Gasteiger partial charge on any atom is -0.457 e. The summed E-state index contributed by atoms with van der Waals surface area (Å²) >= 11 is 0.